The van der Waals surface area contributed by atoms with Crippen molar-refractivity contribution in [3.8, 4) is 34.0 Å². The molecule has 4 N–H and O–H groups in total. The molecule has 18 heteroatoms. The number of rotatable bonds is 10. The summed E-state index contributed by atoms with van der Waals surface area (Å²) in [6, 6.07) is 8.68. The minimum atomic E-state index is -2.96. The van der Waals surface area contributed by atoms with Gasteiger partial charge in [0.1, 0.15) is 46.9 Å². The van der Waals surface area contributed by atoms with Crippen LogP contribution in [0, 0.1) is 23.3 Å². The van der Waals surface area contributed by atoms with Crippen LogP contribution in [0.3, 0.4) is 0 Å². The first-order valence-corrected chi connectivity index (χ1v) is 15.9. The van der Waals surface area contributed by atoms with Crippen LogP contribution in [0.25, 0.3) is 22.3 Å². The van der Waals surface area contributed by atoms with Gasteiger partial charge in [0.15, 0.2) is 0 Å². The first kappa shape index (κ1) is 38.9. The number of hydrogen-bond donors (Lipinski definition) is 2. The van der Waals surface area contributed by atoms with Crippen molar-refractivity contribution < 1.29 is 63.7 Å². The highest BCUT2D eigenvalue weighted by Gasteiger charge is 2.32. The molecule has 0 radical (unpaired) electrons. The molecule has 3 atom stereocenters. The Morgan fingerprint density at radius 2 is 1.23 bits per heavy atom. The Morgan fingerprint density at radius 1 is 0.736 bits per heavy atom. The van der Waals surface area contributed by atoms with E-state index in [1.54, 1.807) is 0 Å². The third kappa shape index (κ3) is 9.36. The van der Waals surface area contributed by atoms with Gasteiger partial charge in [0.25, 0.3) is 11.8 Å². The van der Waals surface area contributed by atoms with Crippen LogP contribution in [0.15, 0.2) is 48.5 Å². The molecular formula is C35H30F8N4O6. The summed E-state index contributed by atoms with van der Waals surface area (Å²) in [4.78, 5) is 31.1. The lowest BCUT2D eigenvalue weighted by Gasteiger charge is -2.30. The van der Waals surface area contributed by atoms with Gasteiger partial charge in [-0.25, -0.2) is 27.5 Å². The molecule has 0 aliphatic carbocycles. The van der Waals surface area contributed by atoms with E-state index < -0.39 is 66.6 Å². The Kier molecular flexibility index (Phi) is 12.1. The van der Waals surface area contributed by atoms with Crippen LogP contribution < -0.4 is 20.9 Å². The molecule has 6 rings (SSSR count). The molecule has 0 spiro atoms. The topological polar surface area (TPSA) is 149 Å². The first-order valence-electron chi connectivity index (χ1n) is 15.9. The van der Waals surface area contributed by atoms with Crippen molar-refractivity contribution >= 4 is 11.8 Å². The number of nitrogens with two attached hydrogens (primary N) is 2. The smallest absolute Gasteiger partial charge is 0.345 e. The summed E-state index contributed by atoms with van der Waals surface area (Å²) in [5.74, 6) is -4.89. The summed E-state index contributed by atoms with van der Waals surface area (Å²) in [6.45, 7) is -4.83. The second kappa shape index (κ2) is 16.5. The normalized spacial score (nSPS) is 16.8. The third-order valence-corrected chi connectivity index (χ3v) is 8.31. The second-order valence-electron chi connectivity index (χ2n) is 11.8. The number of ether oxygens (including phenoxy) is 4. The lowest BCUT2D eigenvalue weighted by Crippen LogP contribution is -2.36. The van der Waals surface area contributed by atoms with Crippen LogP contribution in [0.2, 0.25) is 0 Å². The number of aromatic nitrogens is 2. The maximum absolute atomic E-state index is 14.3. The molecule has 2 aliphatic rings. The summed E-state index contributed by atoms with van der Waals surface area (Å²) < 4.78 is 124. The van der Waals surface area contributed by atoms with E-state index in [1.807, 2.05) is 0 Å². The highest BCUT2D eigenvalue weighted by Crippen LogP contribution is 2.39. The van der Waals surface area contributed by atoms with Gasteiger partial charge in [-0.15, -0.1) is 0 Å². The molecule has 0 saturated carbocycles. The molecule has 2 aliphatic heterocycles. The third-order valence-electron chi connectivity index (χ3n) is 8.31. The number of fused-ring (bicyclic) bond motifs is 2. The van der Waals surface area contributed by atoms with Crippen molar-refractivity contribution in [1.29, 1.82) is 0 Å². The number of carbonyl (C=O) groups excluding carboxylic acids is 2. The number of hydrogen-bond acceptors (Lipinski definition) is 8. The van der Waals surface area contributed by atoms with E-state index in [2.05, 4.69) is 19.4 Å². The molecule has 4 heterocycles. The Morgan fingerprint density at radius 3 is 1.68 bits per heavy atom. The van der Waals surface area contributed by atoms with Gasteiger partial charge in [-0.1, -0.05) is 0 Å². The molecule has 2 aromatic carbocycles. The molecule has 0 bridgehead atoms. The summed E-state index contributed by atoms with van der Waals surface area (Å²) in [5, 5.41) is 0. The van der Waals surface area contributed by atoms with E-state index in [1.165, 1.54) is 31.2 Å². The van der Waals surface area contributed by atoms with Crippen LogP contribution in [-0.2, 0) is 22.3 Å². The summed E-state index contributed by atoms with van der Waals surface area (Å²) >= 11 is 0. The molecule has 53 heavy (non-hydrogen) atoms. The zero-order valence-corrected chi connectivity index (χ0v) is 27.6. The fourth-order valence-corrected chi connectivity index (χ4v) is 5.81. The standard InChI is InChI=1S/C18H16F4N2O3.C17H14F4N2O3/c1-8(26-18(21)22)15-5-4-11-12(10-3-2-9(19)6-13(10)20)7-14(16(23)25)24-17(11)27-15;18-8-1-3-10(13(19)5-8)12-6-14(15(22)24)23-16-11(12)4-2-9(26-16)7-25-17(20)21/h2-3,6-8,15,18H,4-5H2,1H3,(H2,23,25);1,3,5-6,9,17H,2,4,7H2,(H2,22,24)/t8-,15?;9-/m01/s1. The number of primary amides is 2. The Labute approximate surface area is 296 Å². The number of carbonyl (C=O) groups is 2. The molecule has 1 unspecified atom stereocenters. The number of pyridine rings is 2. The molecule has 4 aromatic rings. The van der Waals surface area contributed by atoms with Gasteiger partial charge in [0.05, 0.1) is 12.7 Å². The molecule has 2 amide bonds. The highest BCUT2D eigenvalue weighted by atomic mass is 19.3. The summed E-state index contributed by atoms with van der Waals surface area (Å²) in [5.41, 5.74) is 11.8. The average molecular weight is 755 g/mol. The molecule has 0 fully saturated rings. The van der Waals surface area contributed by atoms with Gasteiger partial charge in [-0.2, -0.15) is 17.6 Å². The SMILES string of the molecule is C[C@H](OC(F)F)C1CCc2c(-c3ccc(F)cc3F)cc(C(N)=O)nc2O1.NC(=O)c1cc(-c2ccc(F)cc2F)c2c(n1)O[C@@H](COC(F)F)CC2. The van der Waals surface area contributed by atoms with E-state index in [9.17, 15) is 44.7 Å². The maximum Gasteiger partial charge on any atom is 0.345 e. The van der Waals surface area contributed by atoms with E-state index >= 15 is 0 Å². The quantitative estimate of drug-likeness (QED) is 0.174. The zero-order chi connectivity index (χ0) is 38.6. The van der Waals surface area contributed by atoms with Crippen molar-refractivity contribution in [2.75, 3.05) is 6.61 Å². The monoisotopic (exact) mass is 754 g/mol. The van der Waals surface area contributed by atoms with Crippen LogP contribution in [0.4, 0.5) is 35.1 Å². The second-order valence-corrected chi connectivity index (χ2v) is 11.8. The maximum atomic E-state index is 14.3. The van der Waals surface area contributed by atoms with Gasteiger partial charge in [-0.3, -0.25) is 9.59 Å². The number of nitrogens with zero attached hydrogens (tertiary/aromatic N) is 2. The van der Waals surface area contributed by atoms with Crippen LogP contribution >= 0.6 is 0 Å². The molecule has 282 valence electrons. The lowest BCUT2D eigenvalue weighted by atomic mass is 9.93. The van der Waals surface area contributed by atoms with Crippen molar-refractivity contribution in [3.05, 3.63) is 94.3 Å². The fraction of sp³-hybridized carbons (Fsp3) is 0.314. The highest BCUT2D eigenvalue weighted by molar-refractivity contribution is 5.93. The Bertz CT molecular complexity index is 2000. The van der Waals surface area contributed by atoms with Gasteiger partial charge in [0, 0.05) is 34.4 Å². The lowest BCUT2D eigenvalue weighted by molar-refractivity contribution is -0.180. The predicted octanol–water partition coefficient (Wildman–Crippen LogP) is 6.51. The Balaban J connectivity index is 0.000000204. The van der Waals surface area contributed by atoms with Gasteiger partial charge >= 0.3 is 13.2 Å². The molecule has 0 saturated heterocycles. The number of benzene rings is 2. The van der Waals surface area contributed by atoms with Crippen molar-refractivity contribution in [2.24, 2.45) is 11.5 Å². The Hall–Kier alpha value is -5.36. The molecule has 10 nitrogen and oxygen atoms in total. The minimum Gasteiger partial charge on any atom is -0.472 e. The largest absolute Gasteiger partial charge is 0.472 e. The average Bonchev–Trinajstić information content (AvgIpc) is 3.09. The van der Waals surface area contributed by atoms with E-state index in [0.717, 1.165) is 24.3 Å². The number of amides is 2. The van der Waals surface area contributed by atoms with Crippen LogP contribution in [0.5, 0.6) is 11.8 Å². The van der Waals surface area contributed by atoms with E-state index in [0.29, 0.717) is 36.8 Å². The van der Waals surface area contributed by atoms with Crippen molar-refractivity contribution in [1.82, 2.24) is 9.97 Å². The van der Waals surface area contributed by atoms with Crippen molar-refractivity contribution in [3.63, 3.8) is 0 Å². The van der Waals surface area contributed by atoms with Crippen LogP contribution in [0.1, 0.15) is 51.9 Å². The van der Waals surface area contributed by atoms with Gasteiger partial charge in [-0.05, 0) is 80.1 Å². The fourth-order valence-electron chi connectivity index (χ4n) is 5.81. The number of halogens is 8. The van der Waals surface area contributed by atoms with Crippen LogP contribution in [-0.4, -0.2) is 59.9 Å². The number of alkyl halides is 4. The molecular weight excluding hydrogens is 724 g/mol. The first-order chi connectivity index (χ1) is 25.1. The van der Waals surface area contributed by atoms with Gasteiger partial charge in [0.2, 0.25) is 11.8 Å². The summed E-state index contributed by atoms with van der Waals surface area (Å²) in [6.07, 6.45) is -1.07. The van der Waals surface area contributed by atoms with Crippen molar-refractivity contribution in [2.45, 2.75) is 64.1 Å². The van der Waals surface area contributed by atoms with Gasteiger partial charge < -0.3 is 30.4 Å². The zero-order valence-electron chi connectivity index (χ0n) is 27.6. The molecule has 2 aromatic heterocycles. The van der Waals surface area contributed by atoms with E-state index in [-0.39, 0.29) is 52.0 Å². The predicted molar refractivity (Wildman–Crippen MR) is 170 cm³/mol. The van der Waals surface area contributed by atoms with E-state index in [4.69, 9.17) is 20.9 Å². The minimum absolute atomic E-state index is 0.00542. The summed E-state index contributed by atoms with van der Waals surface area (Å²) in [7, 11) is 0.